The first-order chi connectivity index (χ1) is 17.9. The van der Waals surface area contributed by atoms with Gasteiger partial charge in [0.1, 0.15) is 12.3 Å². The molecule has 0 aliphatic heterocycles. The standard InChI is InChI=1S/C28H32ClN3O4S/c1-2-3-4-5-11-20-36-27-15-10-9-12-23(27)21-30-31-28(33)22-32(25-18-16-24(29)17-19-25)37(34,35)26-13-7-6-8-14-26/h6-10,12-19,21H,2-5,11,20,22H2,1H3,(H,31,33)/b30-21-. The van der Waals surface area contributed by atoms with Gasteiger partial charge in [-0.1, -0.05) is 74.5 Å². The topological polar surface area (TPSA) is 88.1 Å². The molecule has 3 aromatic rings. The highest BCUT2D eigenvalue weighted by Crippen LogP contribution is 2.25. The van der Waals surface area contributed by atoms with Crippen molar-refractivity contribution in [2.75, 3.05) is 17.5 Å². The Morgan fingerprint density at radius 2 is 1.62 bits per heavy atom. The van der Waals surface area contributed by atoms with E-state index in [1.807, 2.05) is 24.3 Å². The van der Waals surface area contributed by atoms with Gasteiger partial charge in [-0.25, -0.2) is 13.8 Å². The second kappa shape index (κ2) is 14.4. The van der Waals surface area contributed by atoms with E-state index in [9.17, 15) is 13.2 Å². The summed E-state index contributed by atoms with van der Waals surface area (Å²) in [6, 6.07) is 21.6. The quantitative estimate of drug-likeness (QED) is 0.153. The summed E-state index contributed by atoms with van der Waals surface area (Å²) in [6.45, 7) is 2.32. The number of nitrogens with one attached hydrogen (secondary N) is 1. The van der Waals surface area contributed by atoms with Crippen LogP contribution in [0.2, 0.25) is 5.02 Å². The van der Waals surface area contributed by atoms with E-state index in [0.717, 1.165) is 17.1 Å². The lowest BCUT2D eigenvalue weighted by Gasteiger charge is -2.23. The molecular formula is C28H32ClN3O4S. The van der Waals surface area contributed by atoms with Crippen LogP contribution in [0.3, 0.4) is 0 Å². The van der Waals surface area contributed by atoms with Crippen LogP contribution in [-0.4, -0.2) is 33.7 Å². The zero-order chi connectivity index (χ0) is 26.5. The number of carbonyl (C=O) groups is 1. The number of carbonyl (C=O) groups excluding carboxylic acids is 1. The smallest absolute Gasteiger partial charge is 0.264 e. The summed E-state index contributed by atoms with van der Waals surface area (Å²) in [5, 5.41) is 4.49. The SMILES string of the molecule is CCCCCCCOc1ccccc1/C=N\NC(=O)CN(c1ccc(Cl)cc1)S(=O)(=O)c1ccccc1. The Balaban J connectivity index is 1.67. The van der Waals surface area contributed by atoms with Crippen LogP contribution >= 0.6 is 11.6 Å². The second-order valence-electron chi connectivity index (χ2n) is 8.39. The number of para-hydroxylation sites is 1. The highest BCUT2D eigenvalue weighted by molar-refractivity contribution is 7.92. The number of amides is 1. The van der Waals surface area contributed by atoms with Crippen molar-refractivity contribution in [3.05, 3.63) is 89.4 Å². The van der Waals surface area contributed by atoms with Crippen molar-refractivity contribution >= 4 is 39.4 Å². The van der Waals surface area contributed by atoms with Crippen LogP contribution in [-0.2, 0) is 14.8 Å². The first-order valence-corrected chi connectivity index (χ1v) is 14.1. The summed E-state index contributed by atoms with van der Waals surface area (Å²) in [5.74, 6) is 0.0745. The maximum Gasteiger partial charge on any atom is 0.264 e. The minimum absolute atomic E-state index is 0.0713. The van der Waals surface area contributed by atoms with Crippen molar-refractivity contribution in [1.82, 2.24) is 5.43 Å². The molecule has 0 aliphatic carbocycles. The van der Waals surface area contributed by atoms with Crippen LogP contribution < -0.4 is 14.5 Å². The molecule has 0 fully saturated rings. The van der Waals surface area contributed by atoms with E-state index < -0.39 is 22.5 Å². The molecule has 0 atom stereocenters. The summed E-state index contributed by atoms with van der Waals surface area (Å²) < 4.78 is 33.6. The molecule has 0 aromatic heterocycles. The number of unbranched alkanes of at least 4 members (excludes halogenated alkanes) is 4. The van der Waals surface area contributed by atoms with Gasteiger partial charge in [-0.15, -0.1) is 0 Å². The molecule has 0 heterocycles. The molecule has 196 valence electrons. The fourth-order valence-corrected chi connectivity index (χ4v) is 5.16. The lowest BCUT2D eigenvalue weighted by Crippen LogP contribution is -2.39. The summed E-state index contributed by atoms with van der Waals surface area (Å²) in [7, 11) is -4.01. The van der Waals surface area contributed by atoms with Crippen LogP contribution in [0.25, 0.3) is 0 Å². The molecule has 0 aliphatic rings. The average Bonchev–Trinajstić information content (AvgIpc) is 2.91. The normalized spacial score (nSPS) is 11.4. The molecule has 7 nitrogen and oxygen atoms in total. The lowest BCUT2D eigenvalue weighted by molar-refractivity contribution is -0.119. The number of halogens is 1. The van der Waals surface area contributed by atoms with Gasteiger partial charge in [0.25, 0.3) is 15.9 Å². The van der Waals surface area contributed by atoms with Crippen molar-refractivity contribution in [2.24, 2.45) is 5.10 Å². The van der Waals surface area contributed by atoms with Crippen molar-refractivity contribution in [3.63, 3.8) is 0 Å². The molecule has 1 amide bonds. The van der Waals surface area contributed by atoms with E-state index in [1.165, 1.54) is 37.6 Å². The van der Waals surface area contributed by atoms with Gasteiger partial charge in [0.2, 0.25) is 0 Å². The predicted octanol–water partition coefficient (Wildman–Crippen LogP) is 6.03. The molecular weight excluding hydrogens is 510 g/mol. The maximum atomic E-state index is 13.3. The number of rotatable bonds is 14. The van der Waals surface area contributed by atoms with E-state index in [-0.39, 0.29) is 4.90 Å². The Morgan fingerprint density at radius 3 is 2.35 bits per heavy atom. The summed E-state index contributed by atoms with van der Waals surface area (Å²) >= 11 is 5.98. The van der Waals surface area contributed by atoms with E-state index >= 15 is 0 Å². The molecule has 0 spiro atoms. The highest BCUT2D eigenvalue weighted by Gasteiger charge is 2.27. The summed E-state index contributed by atoms with van der Waals surface area (Å²) in [6.07, 6.45) is 7.20. The molecule has 0 radical (unpaired) electrons. The number of hydrazone groups is 1. The Kier molecular flexibility index (Phi) is 11.0. The van der Waals surface area contributed by atoms with Crippen molar-refractivity contribution in [3.8, 4) is 5.75 Å². The van der Waals surface area contributed by atoms with E-state index in [2.05, 4.69) is 17.5 Å². The first kappa shape index (κ1) is 28.2. The van der Waals surface area contributed by atoms with Crippen molar-refractivity contribution < 1.29 is 17.9 Å². The molecule has 0 saturated heterocycles. The van der Waals surface area contributed by atoms with Gasteiger partial charge >= 0.3 is 0 Å². The summed E-state index contributed by atoms with van der Waals surface area (Å²) in [5.41, 5.74) is 3.45. The van der Waals surface area contributed by atoms with Gasteiger partial charge in [-0.05, 0) is 55.0 Å². The number of sulfonamides is 1. The third-order valence-corrected chi connectivity index (χ3v) is 7.59. The van der Waals surface area contributed by atoms with E-state index in [0.29, 0.717) is 28.6 Å². The number of hydrogen-bond acceptors (Lipinski definition) is 5. The molecule has 0 unspecified atom stereocenters. The lowest BCUT2D eigenvalue weighted by atomic mass is 10.2. The number of anilines is 1. The van der Waals surface area contributed by atoms with Crippen LogP contribution in [0.15, 0.2) is 88.9 Å². The van der Waals surface area contributed by atoms with Crippen LogP contribution in [0.4, 0.5) is 5.69 Å². The largest absolute Gasteiger partial charge is 0.493 e. The Bertz CT molecular complexity index is 1270. The van der Waals surface area contributed by atoms with E-state index in [4.69, 9.17) is 16.3 Å². The first-order valence-electron chi connectivity index (χ1n) is 12.3. The van der Waals surface area contributed by atoms with Gasteiger partial charge in [-0.2, -0.15) is 5.10 Å². The summed E-state index contributed by atoms with van der Waals surface area (Å²) in [4.78, 5) is 12.8. The second-order valence-corrected chi connectivity index (χ2v) is 10.7. The third-order valence-electron chi connectivity index (χ3n) is 5.55. The van der Waals surface area contributed by atoms with Crippen LogP contribution in [0.5, 0.6) is 5.75 Å². The Labute approximate surface area is 224 Å². The number of ether oxygens (including phenoxy) is 1. The van der Waals surface area contributed by atoms with Crippen molar-refractivity contribution in [1.29, 1.82) is 0 Å². The highest BCUT2D eigenvalue weighted by atomic mass is 35.5. The number of hydrogen-bond donors (Lipinski definition) is 1. The van der Waals surface area contributed by atoms with Gasteiger partial charge in [0.15, 0.2) is 0 Å². The fourth-order valence-electron chi connectivity index (χ4n) is 3.59. The van der Waals surface area contributed by atoms with Gasteiger partial charge < -0.3 is 4.74 Å². The zero-order valence-corrected chi connectivity index (χ0v) is 22.4. The maximum absolute atomic E-state index is 13.3. The average molecular weight is 542 g/mol. The molecule has 9 heteroatoms. The molecule has 1 N–H and O–H groups in total. The van der Waals surface area contributed by atoms with Gasteiger partial charge in [0.05, 0.1) is 23.4 Å². The van der Waals surface area contributed by atoms with Crippen LogP contribution in [0, 0.1) is 0 Å². The minimum Gasteiger partial charge on any atom is -0.493 e. The zero-order valence-electron chi connectivity index (χ0n) is 20.8. The molecule has 0 bridgehead atoms. The van der Waals surface area contributed by atoms with Crippen molar-refractivity contribution in [2.45, 2.75) is 43.9 Å². The number of benzene rings is 3. The van der Waals surface area contributed by atoms with E-state index in [1.54, 1.807) is 42.5 Å². The molecule has 0 saturated carbocycles. The molecule has 37 heavy (non-hydrogen) atoms. The molecule has 3 aromatic carbocycles. The van der Waals surface area contributed by atoms with Gasteiger partial charge in [0, 0.05) is 10.6 Å². The number of nitrogens with zero attached hydrogens (tertiary/aromatic N) is 2. The Morgan fingerprint density at radius 1 is 0.946 bits per heavy atom. The van der Waals surface area contributed by atoms with Crippen LogP contribution in [0.1, 0.15) is 44.6 Å². The van der Waals surface area contributed by atoms with Gasteiger partial charge in [-0.3, -0.25) is 9.10 Å². The third kappa shape index (κ3) is 8.61. The molecule has 3 rings (SSSR count). The Hall–Kier alpha value is -3.36. The predicted molar refractivity (Wildman–Crippen MR) is 149 cm³/mol. The minimum atomic E-state index is -4.01. The monoisotopic (exact) mass is 541 g/mol. The fraction of sp³-hybridized carbons (Fsp3) is 0.286.